The molecule has 84 valence electrons. The van der Waals surface area contributed by atoms with Crippen LogP contribution in [0.25, 0.3) is 0 Å². The molecule has 0 aromatic carbocycles. The normalized spacial score (nSPS) is 24.5. The Morgan fingerprint density at radius 1 is 1.73 bits per heavy atom. The van der Waals surface area contributed by atoms with Crippen molar-refractivity contribution in [2.45, 2.75) is 18.6 Å². The predicted octanol–water partition coefficient (Wildman–Crippen LogP) is 1.08. The molecule has 4 heteroatoms. The van der Waals surface area contributed by atoms with Gasteiger partial charge in [0.1, 0.15) is 0 Å². The lowest BCUT2D eigenvalue weighted by atomic mass is 10.2. The minimum Gasteiger partial charge on any atom is -0.387 e. The van der Waals surface area contributed by atoms with Crippen LogP contribution < -0.4 is 5.32 Å². The van der Waals surface area contributed by atoms with E-state index in [1.807, 2.05) is 16.8 Å². The second-order valence-electron chi connectivity index (χ2n) is 4.23. The summed E-state index contributed by atoms with van der Waals surface area (Å²) in [6, 6.07) is 2.53. The van der Waals surface area contributed by atoms with Gasteiger partial charge in [0, 0.05) is 19.1 Å². The Hall–Kier alpha value is -0.420. The van der Waals surface area contributed by atoms with E-state index in [4.69, 9.17) is 0 Å². The fraction of sp³-hybridized carbons (Fsp3) is 0.636. The Balaban J connectivity index is 1.74. The molecule has 2 heterocycles. The third-order valence-corrected chi connectivity index (χ3v) is 3.62. The first-order chi connectivity index (χ1) is 7.25. The fourth-order valence-electron chi connectivity index (χ4n) is 1.96. The highest BCUT2D eigenvalue weighted by molar-refractivity contribution is 7.07. The predicted molar refractivity (Wildman–Crippen MR) is 63.2 cm³/mol. The van der Waals surface area contributed by atoms with Crippen molar-refractivity contribution in [2.75, 3.05) is 26.7 Å². The average Bonchev–Trinajstić information content (AvgIpc) is 2.84. The molecule has 0 bridgehead atoms. The molecular formula is C11H18N2OS. The van der Waals surface area contributed by atoms with Gasteiger partial charge in [0.05, 0.1) is 6.10 Å². The van der Waals surface area contributed by atoms with Crippen molar-refractivity contribution >= 4 is 11.3 Å². The minimum atomic E-state index is -0.359. The number of aliphatic hydroxyl groups excluding tert-OH is 1. The molecule has 3 nitrogen and oxygen atoms in total. The molecule has 0 spiro atoms. The second kappa shape index (κ2) is 5.07. The van der Waals surface area contributed by atoms with Gasteiger partial charge in [-0.1, -0.05) is 0 Å². The number of nitrogens with one attached hydrogen (secondary N) is 1. The van der Waals surface area contributed by atoms with E-state index in [9.17, 15) is 5.11 Å². The highest BCUT2D eigenvalue weighted by Crippen LogP contribution is 2.16. The number of aliphatic hydroxyl groups is 1. The van der Waals surface area contributed by atoms with Crippen molar-refractivity contribution < 1.29 is 5.11 Å². The quantitative estimate of drug-likeness (QED) is 0.806. The maximum absolute atomic E-state index is 9.87. The van der Waals surface area contributed by atoms with Crippen LogP contribution >= 0.6 is 11.3 Å². The van der Waals surface area contributed by atoms with E-state index in [2.05, 4.69) is 17.3 Å². The Morgan fingerprint density at radius 3 is 3.20 bits per heavy atom. The summed E-state index contributed by atoms with van der Waals surface area (Å²) in [6.45, 7) is 2.91. The molecule has 0 amide bonds. The summed E-state index contributed by atoms with van der Waals surface area (Å²) in [4.78, 5) is 2.31. The lowest BCUT2D eigenvalue weighted by Crippen LogP contribution is -2.34. The summed E-state index contributed by atoms with van der Waals surface area (Å²) in [7, 11) is 2.14. The summed E-state index contributed by atoms with van der Waals surface area (Å²) in [5, 5.41) is 17.3. The van der Waals surface area contributed by atoms with Crippen LogP contribution in [0.2, 0.25) is 0 Å². The summed E-state index contributed by atoms with van der Waals surface area (Å²) in [6.07, 6.45) is 0.828. The van der Waals surface area contributed by atoms with Crippen molar-refractivity contribution in [3.63, 3.8) is 0 Å². The third-order valence-electron chi connectivity index (χ3n) is 2.92. The van der Waals surface area contributed by atoms with Gasteiger partial charge in [0.15, 0.2) is 0 Å². The van der Waals surface area contributed by atoms with E-state index in [-0.39, 0.29) is 6.10 Å². The molecule has 2 N–H and O–H groups in total. The summed E-state index contributed by atoms with van der Waals surface area (Å²) in [5.41, 5.74) is 1.03. The van der Waals surface area contributed by atoms with E-state index in [1.54, 1.807) is 11.3 Å². The zero-order valence-corrected chi connectivity index (χ0v) is 9.83. The first kappa shape index (κ1) is 11.1. The first-order valence-corrected chi connectivity index (χ1v) is 6.32. The molecule has 0 aliphatic carbocycles. The molecule has 0 saturated carbocycles. The van der Waals surface area contributed by atoms with Crippen molar-refractivity contribution in [3.05, 3.63) is 22.4 Å². The number of thiophene rings is 1. The van der Waals surface area contributed by atoms with E-state index in [0.29, 0.717) is 12.6 Å². The largest absolute Gasteiger partial charge is 0.387 e. The van der Waals surface area contributed by atoms with Gasteiger partial charge in [-0.2, -0.15) is 11.3 Å². The molecule has 1 aromatic rings. The van der Waals surface area contributed by atoms with Crippen molar-refractivity contribution in [1.29, 1.82) is 0 Å². The Morgan fingerprint density at radius 2 is 2.60 bits per heavy atom. The van der Waals surface area contributed by atoms with Crippen LogP contribution in [0.3, 0.4) is 0 Å². The molecule has 0 radical (unpaired) electrons. The molecular weight excluding hydrogens is 208 g/mol. The summed E-state index contributed by atoms with van der Waals surface area (Å²) < 4.78 is 0. The van der Waals surface area contributed by atoms with Crippen molar-refractivity contribution in [1.82, 2.24) is 10.2 Å². The highest BCUT2D eigenvalue weighted by Gasteiger charge is 2.19. The second-order valence-corrected chi connectivity index (χ2v) is 5.01. The third kappa shape index (κ3) is 3.01. The SMILES string of the molecule is CN1CCC(NCC(O)c2ccsc2)C1. The molecule has 1 aliphatic heterocycles. The number of likely N-dealkylation sites (tertiary alicyclic amines) is 1. The Kier molecular flexibility index (Phi) is 3.75. The Labute approximate surface area is 94.7 Å². The van der Waals surface area contributed by atoms with Gasteiger partial charge in [-0.15, -0.1) is 0 Å². The fourth-order valence-corrected chi connectivity index (χ4v) is 2.67. The van der Waals surface area contributed by atoms with Gasteiger partial charge >= 0.3 is 0 Å². The van der Waals surface area contributed by atoms with E-state index >= 15 is 0 Å². The van der Waals surface area contributed by atoms with Crippen LogP contribution in [0.4, 0.5) is 0 Å². The maximum Gasteiger partial charge on any atom is 0.0922 e. The van der Waals surface area contributed by atoms with Crippen molar-refractivity contribution in [2.24, 2.45) is 0 Å². The van der Waals surface area contributed by atoms with Gasteiger partial charge in [0.2, 0.25) is 0 Å². The van der Waals surface area contributed by atoms with Crippen LogP contribution in [0.1, 0.15) is 18.1 Å². The number of hydrogen-bond acceptors (Lipinski definition) is 4. The monoisotopic (exact) mass is 226 g/mol. The average molecular weight is 226 g/mol. The van der Waals surface area contributed by atoms with Crippen LogP contribution in [0.15, 0.2) is 16.8 Å². The van der Waals surface area contributed by atoms with Crippen LogP contribution in [-0.2, 0) is 0 Å². The zero-order valence-electron chi connectivity index (χ0n) is 9.02. The van der Waals surface area contributed by atoms with Gasteiger partial charge in [-0.05, 0) is 42.4 Å². The molecule has 1 fully saturated rings. The molecule has 2 atom stereocenters. The molecule has 1 aliphatic rings. The lowest BCUT2D eigenvalue weighted by molar-refractivity contribution is 0.170. The first-order valence-electron chi connectivity index (χ1n) is 5.38. The molecule has 2 unspecified atom stereocenters. The minimum absolute atomic E-state index is 0.359. The summed E-state index contributed by atoms with van der Waals surface area (Å²) >= 11 is 1.63. The van der Waals surface area contributed by atoms with Crippen LogP contribution in [-0.4, -0.2) is 42.7 Å². The van der Waals surface area contributed by atoms with Crippen LogP contribution in [0.5, 0.6) is 0 Å². The van der Waals surface area contributed by atoms with Gasteiger partial charge in [0.25, 0.3) is 0 Å². The smallest absolute Gasteiger partial charge is 0.0922 e. The molecule has 15 heavy (non-hydrogen) atoms. The molecule has 1 saturated heterocycles. The van der Waals surface area contributed by atoms with Gasteiger partial charge in [-0.3, -0.25) is 0 Å². The van der Waals surface area contributed by atoms with Crippen LogP contribution in [0, 0.1) is 0 Å². The number of rotatable bonds is 4. The van der Waals surface area contributed by atoms with Gasteiger partial charge in [-0.25, -0.2) is 0 Å². The van der Waals surface area contributed by atoms with E-state index in [1.165, 1.54) is 6.42 Å². The number of hydrogen-bond donors (Lipinski definition) is 2. The van der Waals surface area contributed by atoms with Crippen molar-refractivity contribution in [3.8, 4) is 0 Å². The number of nitrogens with zero attached hydrogens (tertiary/aromatic N) is 1. The van der Waals surface area contributed by atoms with E-state index < -0.39 is 0 Å². The lowest BCUT2D eigenvalue weighted by Gasteiger charge is -2.15. The molecule has 2 rings (SSSR count). The zero-order chi connectivity index (χ0) is 10.7. The topological polar surface area (TPSA) is 35.5 Å². The standard InChI is InChI=1S/C11H18N2OS/c1-13-4-2-10(7-13)12-6-11(14)9-3-5-15-8-9/h3,5,8,10-12,14H,2,4,6-7H2,1H3. The molecule has 1 aromatic heterocycles. The van der Waals surface area contributed by atoms with Gasteiger partial charge < -0.3 is 15.3 Å². The Bertz CT molecular complexity index is 289. The summed E-state index contributed by atoms with van der Waals surface area (Å²) in [5.74, 6) is 0. The maximum atomic E-state index is 9.87. The number of likely N-dealkylation sites (N-methyl/N-ethyl adjacent to an activating group) is 1. The van der Waals surface area contributed by atoms with E-state index in [0.717, 1.165) is 18.7 Å². The highest BCUT2D eigenvalue weighted by atomic mass is 32.1.